The molecule has 12 rings (SSSR count). The van der Waals surface area contributed by atoms with Crippen molar-refractivity contribution in [3.8, 4) is 78.1 Å². The normalized spacial score (nSPS) is 14.1. The first-order valence-electron chi connectivity index (χ1n) is 26.3. The van der Waals surface area contributed by atoms with Crippen molar-refractivity contribution in [1.82, 2.24) is 9.97 Å². The Morgan fingerprint density at radius 2 is 0.947 bits per heavy atom. The van der Waals surface area contributed by atoms with Gasteiger partial charge in [0.2, 0.25) is 0 Å². The van der Waals surface area contributed by atoms with Crippen molar-refractivity contribution in [3.63, 3.8) is 0 Å². The number of hydrogen-bond donors (Lipinski definition) is 1. The Kier molecular flexibility index (Phi) is 12.8. The van der Waals surface area contributed by atoms with Crippen molar-refractivity contribution in [2.75, 3.05) is 0 Å². The quantitative estimate of drug-likeness (QED) is 0.0842. The number of aromatic nitrogens is 2. The van der Waals surface area contributed by atoms with Gasteiger partial charge in [0.25, 0.3) is 0 Å². The van der Waals surface area contributed by atoms with Crippen molar-refractivity contribution >= 4 is 27.3 Å². The first-order valence-corrected chi connectivity index (χ1v) is 26.3. The number of rotatable bonds is 10. The smallest absolute Gasteiger partial charge is 0.162 e. The fourth-order valence-corrected chi connectivity index (χ4v) is 12.4. The van der Waals surface area contributed by atoms with Crippen molar-refractivity contribution < 1.29 is 30.0 Å². The molecule has 5 heteroatoms. The molecule has 0 saturated heterocycles. The number of nitrogens with zero attached hydrogens (tertiary/aromatic N) is 2. The number of carbonyl (C=O) groups excluding carboxylic acids is 1. The molecule has 0 unspecified atom stereocenters. The average molecular weight is 1170 g/mol. The summed E-state index contributed by atoms with van der Waals surface area (Å²) in [6.07, 6.45) is 5.45. The Hall–Kier alpha value is -7.56. The number of pyridine rings is 2. The van der Waals surface area contributed by atoms with Crippen molar-refractivity contribution in [1.29, 1.82) is 0 Å². The number of aliphatic hydroxyl groups excluding tert-OH is 1. The molecule has 1 radical (unpaired) electrons. The molecule has 0 spiro atoms. The molecule has 1 N–H and O–H groups in total. The molecular formula is C71H60IrN2O2-2. The largest absolute Gasteiger partial charge is 0.512 e. The van der Waals surface area contributed by atoms with Gasteiger partial charge < -0.3 is 15.1 Å². The van der Waals surface area contributed by atoms with Crippen LogP contribution in [0.15, 0.2) is 188 Å². The van der Waals surface area contributed by atoms with Gasteiger partial charge in [0.05, 0.1) is 5.76 Å². The maximum atomic E-state index is 14.0. The third-order valence-corrected chi connectivity index (χ3v) is 16.1. The van der Waals surface area contributed by atoms with E-state index in [1.165, 1.54) is 33.0 Å². The molecule has 0 amide bonds. The zero-order valence-corrected chi connectivity index (χ0v) is 46.8. The molecule has 4 nitrogen and oxygen atoms in total. The van der Waals surface area contributed by atoms with Crippen LogP contribution in [0.1, 0.15) is 96.0 Å². The Bertz CT molecular complexity index is 3810. The van der Waals surface area contributed by atoms with E-state index in [-0.39, 0.29) is 54.3 Å². The third-order valence-electron chi connectivity index (χ3n) is 16.1. The Labute approximate surface area is 461 Å². The number of ketones is 1. The molecular weight excluding hydrogens is 1110 g/mol. The second-order valence-electron chi connectivity index (χ2n) is 22.9. The minimum absolute atomic E-state index is 0. The van der Waals surface area contributed by atoms with Gasteiger partial charge in [-0.1, -0.05) is 158 Å². The zero-order valence-electron chi connectivity index (χ0n) is 44.4. The summed E-state index contributed by atoms with van der Waals surface area (Å²) in [7, 11) is 0. The number of hydrogen-bond acceptors (Lipinski definition) is 4. The van der Waals surface area contributed by atoms with Gasteiger partial charge in [0.1, 0.15) is 0 Å². The number of fused-ring (bicyclic) bond motifs is 4. The van der Waals surface area contributed by atoms with E-state index in [9.17, 15) is 9.90 Å². The molecule has 0 atom stereocenters. The van der Waals surface area contributed by atoms with Gasteiger partial charge in [-0.05, 0) is 148 Å². The van der Waals surface area contributed by atoms with Crippen LogP contribution in [0.25, 0.3) is 99.7 Å². The van der Waals surface area contributed by atoms with Gasteiger partial charge in [-0.2, -0.15) is 0 Å². The molecule has 2 aromatic heterocycles. The van der Waals surface area contributed by atoms with Crippen LogP contribution in [-0.4, -0.2) is 20.9 Å². The Morgan fingerprint density at radius 3 is 1.41 bits per heavy atom. The number of aryl methyl sites for hydroxylation is 1. The van der Waals surface area contributed by atoms with Gasteiger partial charge in [-0.25, -0.2) is 0 Å². The van der Waals surface area contributed by atoms with Crippen molar-refractivity contribution in [2.45, 2.75) is 85.5 Å². The number of benzene rings is 8. The summed E-state index contributed by atoms with van der Waals surface area (Å²) in [6, 6.07) is 66.1. The fraction of sp³-hybridized carbons (Fsp3) is 0.197. The Morgan fingerprint density at radius 1 is 0.526 bits per heavy atom. The molecule has 2 aliphatic rings. The van der Waals surface area contributed by atoms with Gasteiger partial charge >= 0.3 is 0 Å². The maximum absolute atomic E-state index is 14.0. The van der Waals surface area contributed by atoms with E-state index in [0.717, 1.165) is 94.5 Å². The molecule has 0 bridgehead atoms. The summed E-state index contributed by atoms with van der Waals surface area (Å²) >= 11 is 0. The van der Waals surface area contributed by atoms with Crippen LogP contribution in [-0.2, 0) is 42.2 Å². The summed E-state index contributed by atoms with van der Waals surface area (Å²) in [4.78, 5) is 24.6. The van der Waals surface area contributed by atoms with Gasteiger partial charge in [0, 0.05) is 55.6 Å². The summed E-state index contributed by atoms with van der Waals surface area (Å²) in [5, 5.41) is 15.4. The number of Topliss-reactive ketones (excluding diaryl/α,β-unsaturated/α-hetero) is 1. The first-order chi connectivity index (χ1) is 36.1. The van der Waals surface area contributed by atoms with E-state index >= 15 is 0 Å². The fourth-order valence-electron chi connectivity index (χ4n) is 12.4. The average Bonchev–Trinajstić information content (AvgIpc) is 3.44. The molecule has 8 aromatic carbocycles. The van der Waals surface area contributed by atoms with E-state index in [4.69, 9.17) is 9.97 Å². The molecule has 0 aliphatic heterocycles. The van der Waals surface area contributed by atoms with Crippen LogP contribution in [0, 0.1) is 17.5 Å². The van der Waals surface area contributed by atoms with E-state index in [2.05, 4.69) is 225 Å². The number of allylic oxidation sites excluding steroid dienone is 2. The minimum atomic E-state index is -0.242. The molecule has 2 heterocycles. The van der Waals surface area contributed by atoms with Crippen LogP contribution >= 0.6 is 0 Å². The summed E-state index contributed by atoms with van der Waals surface area (Å²) in [5.41, 5.74) is 20.8. The van der Waals surface area contributed by atoms with Crippen LogP contribution in [0.3, 0.4) is 0 Å². The van der Waals surface area contributed by atoms with Crippen LogP contribution in [0.5, 0.6) is 0 Å². The molecule has 10 aromatic rings. The van der Waals surface area contributed by atoms with E-state index in [0.29, 0.717) is 18.4 Å². The molecule has 0 saturated carbocycles. The summed E-state index contributed by atoms with van der Waals surface area (Å²) in [5.74, 6) is 0.0875. The van der Waals surface area contributed by atoms with E-state index in [1.54, 1.807) is 6.92 Å². The topological polar surface area (TPSA) is 63.1 Å². The zero-order chi connectivity index (χ0) is 52.0. The monoisotopic (exact) mass is 1170 g/mol. The third kappa shape index (κ3) is 8.46. The van der Waals surface area contributed by atoms with E-state index in [1.807, 2.05) is 12.1 Å². The second kappa shape index (κ2) is 19.2. The second-order valence-corrected chi connectivity index (χ2v) is 22.9. The van der Waals surface area contributed by atoms with Gasteiger partial charge in [0.15, 0.2) is 5.78 Å². The SMILES string of the molecule is C/C(O)=C(\CC(C)(C)C)C(=O)CCc1ccccc1-c1cc(-c2ccccc2-c2cnc3c4c(cccc24)C(C)(C)c2ccc[c-]c2-3)cc(-c2ccccc2-c2cnc3c4c(cccc24)C(C)(C)c2ccc[c-]c2-3)c1.[Ir]. The van der Waals surface area contributed by atoms with Crippen molar-refractivity contribution in [3.05, 3.63) is 227 Å². The van der Waals surface area contributed by atoms with E-state index < -0.39 is 0 Å². The minimum Gasteiger partial charge on any atom is -0.512 e. The summed E-state index contributed by atoms with van der Waals surface area (Å²) < 4.78 is 0. The number of carbonyl (C=O) groups is 1. The Balaban J connectivity index is 0.00000616. The maximum Gasteiger partial charge on any atom is 0.162 e. The van der Waals surface area contributed by atoms with Crippen LogP contribution in [0.2, 0.25) is 0 Å². The van der Waals surface area contributed by atoms with Crippen LogP contribution < -0.4 is 0 Å². The molecule has 76 heavy (non-hydrogen) atoms. The summed E-state index contributed by atoms with van der Waals surface area (Å²) in [6.45, 7) is 17.2. The standard InChI is InChI=1S/C71H60N2O2.Ir/c1-43(74)57(40-69(2,3)4)64(75)36-35-44-21-9-10-22-48(44)45-37-46(49-23-11-13-25-51(49)58-41-72-67-55-27-15-17-31-60(55)70(5,6)62-33-19-29-53(58)65(62)67)39-47(38-45)50-24-12-14-26-52(50)59-42-73-68-56-28-16-18-32-61(56)71(7,8)63-34-20-30-54(59)66(63)68;/h9-26,29-34,37-39,41-42,74H,35-36,40H2,1-8H3;/q-2;/b57-43-;. The number of aliphatic hydroxyl groups is 1. The predicted octanol–water partition coefficient (Wildman–Crippen LogP) is 18.1. The van der Waals surface area contributed by atoms with Crippen molar-refractivity contribution in [2.24, 2.45) is 5.41 Å². The first kappa shape index (κ1) is 50.6. The molecule has 2 aliphatic carbocycles. The molecule has 377 valence electrons. The van der Waals surface area contributed by atoms with Gasteiger partial charge in [-0.3, -0.25) is 4.79 Å². The van der Waals surface area contributed by atoms with Crippen LogP contribution in [0.4, 0.5) is 0 Å². The predicted molar refractivity (Wildman–Crippen MR) is 310 cm³/mol. The van der Waals surface area contributed by atoms with Gasteiger partial charge in [-0.15, -0.1) is 70.8 Å². The molecule has 0 fully saturated rings.